The van der Waals surface area contributed by atoms with Crippen LogP contribution in [0.15, 0.2) is 12.3 Å². The summed E-state index contributed by atoms with van der Waals surface area (Å²) in [7, 11) is 1.66. The number of nitrogens with zero attached hydrogens (tertiary/aromatic N) is 2. The molecule has 0 aliphatic rings. The van der Waals surface area contributed by atoms with Crippen LogP contribution in [-0.2, 0) is 17.9 Å². The van der Waals surface area contributed by atoms with Crippen LogP contribution in [0.3, 0.4) is 0 Å². The second-order valence-corrected chi connectivity index (χ2v) is 6.77. The standard InChI is InChI=1S/C14H17Cl2N3OS/c1-8(2)17-6-12-11(7-20-3)19-14(21-12)13-10(16)4-9(15)5-18-13/h4-5,8,17H,6-7H2,1-3H3. The van der Waals surface area contributed by atoms with Gasteiger partial charge in [-0.1, -0.05) is 37.0 Å². The number of halogens is 2. The average Bonchev–Trinajstić information content (AvgIpc) is 2.80. The van der Waals surface area contributed by atoms with Crippen LogP contribution in [0.2, 0.25) is 10.0 Å². The molecule has 2 heterocycles. The Morgan fingerprint density at radius 3 is 2.76 bits per heavy atom. The highest BCUT2D eigenvalue weighted by Crippen LogP contribution is 2.33. The molecule has 2 rings (SSSR count). The third-order valence-corrected chi connectivity index (χ3v) is 4.34. The summed E-state index contributed by atoms with van der Waals surface area (Å²) >= 11 is 13.7. The fourth-order valence-electron chi connectivity index (χ4n) is 1.74. The lowest BCUT2D eigenvalue weighted by Crippen LogP contribution is -2.21. The number of hydrogen-bond donors (Lipinski definition) is 1. The highest BCUT2D eigenvalue weighted by Gasteiger charge is 2.16. The zero-order valence-corrected chi connectivity index (χ0v) is 14.4. The first-order valence-electron chi connectivity index (χ1n) is 6.53. The first-order chi connectivity index (χ1) is 10.0. The molecular formula is C14H17Cl2N3OS. The average molecular weight is 346 g/mol. The molecule has 4 nitrogen and oxygen atoms in total. The summed E-state index contributed by atoms with van der Waals surface area (Å²) in [5, 5.41) is 5.19. The number of aromatic nitrogens is 2. The van der Waals surface area contributed by atoms with Crippen molar-refractivity contribution in [2.45, 2.75) is 33.0 Å². The Kier molecular flexibility index (Phi) is 5.96. The smallest absolute Gasteiger partial charge is 0.144 e. The predicted octanol–water partition coefficient (Wildman–Crippen LogP) is 4.16. The summed E-state index contributed by atoms with van der Waals surface area (Å²) in [4.78, 5) is 10.0. The number of methoxy groups -OCH3 is 1. The van der Waals surface area contributed by atoms with Crippen LogP contribution in [0.25, 0.3) is 10.7 Å². The molecule has 0 aromatic carbocycles. The third-order valence-electron chi connectivity index (χ3n) is 2.74. The van der Waals surface area contributed by atoms with Gasteiger partial charge < -0.3 is 10.1 Å². The second kappa shape index (κ2) is 7.51. The molecule has 0 saturated carbocycles. The summed E-state index contributed by atoms with van der Waals surface area (Å²) < 4.78 is 5.22. The van der Waals surface area contributed by atoms with Gasteiger partial charge >= 0.3 is 0 Å². The Hall–Kier alpha value is -0.720. The largest absolute Gasteiger partial charge is 0.378 e. The molecule has 0 amide bonds. The normalized spacial score (nSPS) is 11.3. The molecule has 7 heteroatoms. The second-order valence-electron chi connectivity index (χ2n) is 4.84. The molecule has 0 atom stereocenters. The van der Waals surface area contributed by atoms with Gasteiger partial charge in [0.1, 0.15) is 10.7 Å². The summed E-state index contributed by atoms with van der Waals surface area (Å²) in [5.41, 5.74) is 1.57. The minimum atomic E-state index is 0.406. The summed E-state index contributed by atoms with van der Waals surface area (Å²) in [6.07, 6.45) is 1.58. The topological polar surface area (TPSA) is 47.0 Å². The molecular weight excluding hydrogens is 329 g/mol. The molecule has 0 aliphatic heterocycles. The zero-order chi connectivity index (χ0) is 15.4. The van der Waals surface area contributed by atoms with E-state index < -0.39 is 0 Å². The van der Waals surface area contributed by atoms with Gasteiger partial charge in [0.2, 0.25) is 0 Å². The molecule has 0 radical (unpaired) electrons. The molecule has 0 fully saturated rings. The summed E-state index contributed by atoms with van der Waals surface area (Å²) in [5.74, 6) is 0. The first-order valence-corrected chi connectivity index (χ1v) is 8.10. The highest BCUT2D eigenvalue weighted by atomic mass is 35.5. The van der Waals surface area contributed by atoms with Crippen molar-refractivity contribution in [1.82, 2.24) is 15.3 Å². The van der Waals surface area contributed by atoms with Gasteiger partial charge in [-0.3, -0.25) is 4.98 Å². The van der Waals surface area contributed by atoms with E-state index in [9.17, 15) is 0 Å². The van der Waals surface area contributed by atoms with Crippen LogP contribution in [0.1, 0.15) is 24.4 Å². The van der Waals surface area contributed by atoms with E-state index in [1.807, 2.05) is 0 Å². The number of rotatable bonds is 6. The van der Waals surface area contributed by atoms with Crippen molar-refractivity contribution >= 4 is 34.5 Å². The lowest BCUT2D eigenvalue weighted by atomic mass is 10.3. The molecule has 21 heavy (non-hydrogen) atoms. The van der Waals surface area contributed by atoms with Gasteiger partial charge in [0.15, 0.2) is 0 Å². The monoisotopic (exact) mass is 345 g/mol. The van der Waals surface area contributed by atoms with Crippen molar-refractivity contribution in [2.24, 2.45) is 0 Å². The maximum Gasteiger partial charge on any atom is 0.144 e. The van der Waals surface area contributed by atoms with Gasteiger partial charge in [-0.25, -0.2) is 4.98 Å². The van der Waals surface area contributed by atoms with Crippen molar-refractivity contribution in [1.29, 1.82) is 0 Å². The van der Waals surface area contributed by atoms with E-state index in [0.29, 0.717) is 28.4 Å². The maximum atomic E-state index is 6.20. The lowest BCUT2D eigenvalue weighted by molar-refractivity contribution is 0.181. The number of pyridine rings is 1. The van der Waals surface area contributed by atoms with Crippen molar-refractivity contribution in [3.8, 4) is 10.7 Å². The fraction of sp³-hybridized carbons (Fsp3) is 0.429. The summed E-state index contributed by atoms with van der Waals surface area (Å²) in [6.45, 7) is 5.43. The van der Waals surface area contributed by atoms with E-state index in [4.69, 9.17) is 27.9 Å². The van der Waals surface area contributed by atoms with Gasteiger partial charge in [-0.05, 0) is 6.07 Å². The Balaban J connectivity index is 2.33. The van der Waals surface area contributed by atoms with E-state index in [1.165, 1.54) is 0 Å². The molecule has 2 aromatic heterocycles. The highest BCUT2D eigenvalue weighted by molar-refractivity contribution is 7.15. The Labute approximate surface area is 138 Å². The lowest BCUT2D eigenvalue weighted by Gasteiger charge is -2.07. The van der Waals surface area contributed by atoms with Crippen molar-refractivity contribution < 1.29 is 4.74 Å². The molecule has 0 bridgehead atoms. The minimum Gasteiger partial charge on any atom is -0.378 e. The van der Waals surface area contributed by atoms with Crippen LogP contribution in [0.4, 0.5) is 0 Å². The van der Waals surface area contributed by atoms with Crippen LogP contribution >= 0.6 is 34.5 Å². The Morgan fingerprint density at radius 1 is 1.38 bits per heavy atom. The van der Waals surface area contributed by atoms with Crippen LogP contribution in [0, 0.1) is 0 Å². The van der Waals surface area contributed by atoms with Gasteiger partial charge in [0.05, 0.1) is 22.3 Å². The van der Waals surface area contributed by atoms with E-state index in [1.54, 1.807) is 30.7 Å². The Bertz CT molecular complexity index is 616. The van der Waals surface area contributed by atoms with Crippen molar-refractivity contribution in [3.63, 3.8) is 0 Å². The quantitative estimate of drug-likeness (QED) is 0.853. The van der Waals surface area contributed by atoms with Crippen molar-refractivity contribution in [3.05, 3.63) is 32.9 Å². The maximum absolute atomic E-state index is 6.20. The first kappa shape index (κ1) is 16.6. The van der Waals surface area contributed by atoms with Gasteiger partial charge in [0, 0.05) is 30.8 Å². The van der Waals surface area contributed by atoms with Gasteiger partial charge in [-0.15, -0.1) is 11.3 Å². The number of thiazole rings is 1. The minimum absolute atomic E-state index is 0.406. The number of hydrogen-bond acceptors (Lipinski definition) is 5. The van der Waals surface area contributed by atoms with Gasteiger partial charge in [-0.2, -0.15) is 0 Å². The third kappa shape index (κ3) is 4.37. The van der Waals surface area contributed by atoms with E-state index in [-0.39, 0.29) is 0 Å². The predicted molar refractivity (Wildman–Crippen MR) is 88.1 cm³/mol. The molecule has 0 aliphatic carbocycles. The van der Waals surface area contributed by atoms with E-state index >= 15 is 0 Å². The van der Waals surface area contributed by atoms with E-state index in [2.05, 4.69) is 29.1 Å². The zero-order valence-electron chi connectivity index (χ0n) is 12.1. The fourth-order valence-corrected chi connectivity index (χ4v) is 3.29. The molecule has 0 spiro atoms. The van der Waals surface area contributed by atoms with Gasteiger partial charge in [0.25, 0.3) is 0 Å². The van der Waals surface area contributed by atoms with E-state index in [0.717, 1.165) is 22.1 Å². The van der Waals surface area contributed by atoms with Crippen LogP contribution in [0.5, 0.6) is 0 Å². The molecule has 0 unspecified atom stereocenters. The molecule has 114 valence electrons. The molecule has 0 saturated heterocycles. The Morgan fingerprint density at radius 2 is 2.14 bits per heavy atom. The number of nitrogens with one attached hydrogen (secondary N) is 1. The summed E-state index contributed by atoms with van der Waals surface area (Å²) in [6, 6.07) is 2.08. The van der Waals surface area contributed by atoms with Crippen LogP contribution < -0.4 is 5.32 Å². The van der Waals surface area contributed by atoms with Crippen molar-refractivity contribution in [2.75, 3.05) is 7.11 Å². The molecule has 1 N–H and O–H groups in total. The number of ether oxygens (including phenoxy) is 1. The SMILES string of the molecule is COCc1nc(-c2ncc(Cl)cc2Cl)sc1CNC(C)C. The van der Waals surface area contributed by atoms with Crippen LogP contribution in [-0.4, -0.2) is 23.1 Å². The molecule has 2 aromatic rings.